The highest BCUT2D eigenvalue weighted by atomic mass is 19.4. The highest BCUT2D eigenvalue weighted by molar-refractivity contribution is 5.76. The van der Waals surface area contributed by atoms with Gasteiger partial charge in [0.1, 0.15) is 0 Å². The first-order chi connectivity index (χ1) is 20.0. The number of halogens is 12. The Morgan fingerprint density at radius 3 is 0.909 bits per heavy atom. The maximum atomic E-state index is 13.1. The van der Waals surface area contributed by atoms with Crippen LogP contribution in [0.25, 0.3) is 22.3 Å². The summed E-state index contributed by atoms with van der Waals surface area (Å²) in [5.41, 5.74) is 13.8. The molecule has 0 amide bonds. The van der Waals surface area contributed by atoms with Gasteiger partial charge in [0.05, 0.1) is 22.3 Å². The van der Waals surface area contributed by atoms with E-state index in [-0.39, 0.29) is 22.5 Å². The van der Waals surface area contributed by atoms with E-state index in [0.717, 1.165) is 36.4 Å². The minimum absolute atomic E-state index is 0.0352. The molecule has 236 valence electrons. The molecule has 0 saturated carbocycles. The predicted octanol–water partition coefficient (Wildman–Crippen LogP) is 9.11. The van der Waals surface area contributed by atoms with E-state index in [2.05, 4.69) is 0 Å². The number of alkyl halides is 12. The normalized spacial score (nSPS) is 12.5. The number of nitrogens with two attached hydrogens (primary N) is 4. The summed E-state index contributed by atoms with van der Waals surface area (Å²) in [6.45, 7) is 0. The van der Waals surface area contributed by atoms with Gasteiger partial charge in [-0.05, 0) is 70.8 Å². The van der Waals surface area contributed by atoms with Gasteiger partial charge in [-0.2, -0.15) is 52.7 Å². The van der Waals surface area contributed by atoms with Gasteiger partial charge in [0, 0.05) is 22.7 Å². The molecule has 0 bridgehead atoms. The van der Waals surface area contributed by atoms with E-state index in [4.69, 9.17) is 22.9 Å². The van der Waals surface area contributed by atoms with E-state index in [1.807, 2.05) is 0 Å². The molecule has 0 aromatic heterocycles. The van der Waals surface area contributed by atoms with Crippen LogP contribution in [0.5, 0.6) is 0 Å². The van der Waals surface area contributed by atoms with E-state index >= 15 is 0 Å². The SMILES string of the molecule is Nc1ccc(-c2ccc(N)c(C(F)(F)F)c2)cc1C(F)(F)F.Nc1ccc(-c2ccc(N)cc2C(F)(F)F)c(C(F)(F)F)c1. The molecular formula is C28H20F12N4. The summed E-state index contributed by atoms with van der Waals surface area (Å²) in [5.74, 6) is 0. The third kappa shape index (κ3) is 7.79. The van der Waals surface area contributed by atoms with Gasteiger partial charge in [-0.3, -0.25) is 0 Å². The smallest absolute Gasteiger partial charge is 0.399 e. The quantitative estimate of drug-likeness (QED) is 0.130. The van der Waals surface area contributed by atoms with Gasteiger partial charge in [-0.25, -0.2) is 0 Å². The monoisotopic (exact) mass is 640 g/mol. The number of benzene rings is 4. The van der Waals surface area contributed by atoms with Crippen molar-refractivity contribution in [3.8, 4) is 22.3 Å². The lowest BCUT2D eigenvalue weighted by molar-refractivity contribution is -0.139. The fraction of sp³-hybridized carbons (Fsp3) is 0.143. The highest BCUT2D eigenvalue weighted by Gasteiger charge is 2.39. The molecule has 0 radical (unpaired) electrons. The zero-order chi connectivity index (χ0) is 33.4. The zero-order valence-corrected chi connectivity index (χ0v) is 21.8. The summed E-state index contributed by atoms with van der Waals surface area (Å²) in [6.07, 6.45) is -19.1. The Kier molecular flexibility index (Phi) is 8.99. The van der Waals surface area contributed by atoms with Crippen molar-refractivity contribution < 1.29 is 52.7 Å². The van der Waals surface area contributed by atoms with Gasteiger partial charge < -0.3 is 22.9 Å². The summed E-state index contributed by atoms with van der Waals surface area (Å²) >= 11 is 0. The van der Waals surface area contributed by atoms with Crippen molar-refractivity contribution in [3.63, 3.8) is 0 Å². The minimum atomic E-state index is -4.84. The first-order valence-corrected chi connectivity index (χ1v) is 11.9. The zero-order valence-electron chi connectivity index (χ0n) is 21.8. The fourth-order valence-electron chi connectivity index (χ4n) is 4.03. The van der Waals surface area contributed by atoms with Gasteiger partial charge >= 0.3 is 24.7 Å². The Bertz CT molecular complexity index is 1530. The summed E-state index contributed by atoms with van der Waals surface area (Å²) in [4.78, 5) is 0. The summed E-state index contributed by atoms with van der Waals surface area (Å²) in [5, 5.41) is 0. The molecule has 0 atom stereocenters. The number of hydrogen-bond donors (Lipinski definition) is 4. The molecule has 8 N–H and O–H groups in total. The van der Waals surface area contributed by atoms with Crippen molar-refractivity contribution in [1.82, 2.24) is 0 Å². The number of hydrogen-bond acceptors (Lipinski definition) is 4. The minimum Gasteiger partial charge on any atom is -0.399 e. The molecule has 4 aromatic carbocycles. The lowest BCUT2D eigenvalue weighted by Gasteiger charge is -2.18. The maximum Gasteiger partial charge on any atom is 0.418 e. The van der Waals surface area contributed by atoms with Crippen molar-refractivity contribution >= 4 is 22.7 Å². The van der Waals surface area contributed by atoms with Crippen LogP contribution >= 0.6 is 0 Å². The molecule has 4 nitrogen and oxygen atoms in total. The Morgan fingerprint density at radius 1 is 0.341 bits per heavy atom. The van der Waals surface area contributed by atoms with Crippen LogP contribution in [0.2, 0.25) is 0 Å². The third-order valence-electron chi connectivity index (χ3n) is 6.04. The maximum absolute atomic E-state index is 13.1. The number of rotatable bonds is 2. The Balaban J connectivity index is 0.000000240. The van der Waals surface area contributed by atoms with Crippen LogP contribution in [0.3, 0.4) is 0 Å². The molecule has 0 aliphatic carbocycles. The van der Waals surface area contributed by atoms with Gasteiger partial charge in [0.2, 0.25) is 0 Å². The van der Waals surface area contributed by atoms with E-state index in [1.165, 1.54) is 12.1 Å². The van der Waals surface area contributed by atoms with Crippen molar-refractivity contribution in [2.45, 2.75) is 24.7 Å². The Hall–Kier alpha value is -4.76. The van der Waals surface area contributed by atoms with Gasteiger partial charge in [0.15, 0.2) is 0 Å². The van der Waals surface area contributed by atoms with Crippen molar-refractivity contribution in [2.75, 3.05) is 22.9 Å². The first kappa shape index (κ1) is 33.7. The molecule has 0 spiro atoms. The van der Waals surface area contributed by atoms with E-state index in [0.29, 0.717) is 24.3 Å². The van der Waals surface area contributed by atoms with Crippen LogP contribution in [0.1, 0.15) is 22.3 Å². The second-order valence-electron chi connectivity index (χ2n) is 9.21. The molecule has 16 heteroatoms. The second kappa shape index (κ2) is 11.7. The van der Waals surface area contributed by atoms with Crippen LogP contribution in [0.15, 0.2) is 72.8 Å². The van der Waals surface area contributed by atoms with E-state index < -0.39 is 69.5 Å². The van der Waals surface area contributed by atoms with Gasteiger partial charge in [0.25, 0.3) is 0 Å². The van der Waals surface area contributed by atoms with Crippen molar-refractivity contribution in [2.24, 2.45) is 0 Å². The number of nitrogen functional groups attached to an aromatic ring is 4. The van der Waals surface area contributed by atoms with E-state index in [1.54, 1.807) is 0 Å². The van der Waals surface area contributed by atoms with Crippen LogP contribution in [0.4, 0.5) is 75.4 Å². The molecule has 0 fully saturated rings. The Labute approximate surface area is 240 Å². The molecule has 0 heterocycles. The topological polar surface area (TPSA) is 104 Å². The molecule has 0 aliphatic rings. The summed E-state index contributed by atoms with van der Waals surface area (Å²) < 4.78 is 155. The van der Waals surface area contributed by atoms with Gasteiger partial charge in [-0.15, -0.1) is 0 Å². The van der Waals surface area contributed by atoms with Crippen LogP contribution in [-0.2, 0) is 24.7 Å². The van der Waals surface area contributed by atoms with Crippen LogP contribution in [0, 0.1) is 0 Å². The Morgan fingerprint density at radius 2 is 0.636 bits per heavy atom. The molecule has 0 unspecified atom stereocenters. The average molecular weight is 640 g/mol. The molecule has 4 rings (SSSR count). The lowest BCUT2D eigenvalue weighted by Crippen LogP contribution is -2.12. The molecular weight excluding hydrogens is 620 g/mol. The van der Waals surface area contributed by atoms with E-state index in [9.17, 15) is 52.7 Å². The second-order valence-corrected chi connectivity index (χ2v) is 9.21. The molecule has 44 heavy (non-hydrogen) atoms. The highest BCUT2D eigenvalue weighted by Crippen LogP contribution is 2.44. The van der Waals surface area contributed by atoms with Crippen molar-refractivity contribution in [3.05, 3.63) is 95.1 Å². The van der Waals surface area contributed by atoms with Gasteiger partial charge in [-0.1, -0.05) is 24.3 Å². The molecule has 0 saturated heterocycles. The summed E-state index contributed by atoms with van der Waals surface area (Å²) in [6, 6.07) is 11.1. The summed E-state index contributed by atoms with van der Waals surface area (Å²) in [7, 11) is 0. The largest absolute Gasteiger partial charge is 0.418 e. The molecule has 0 aliphatic heterocycles. The predicted molar refractivity (Wildman–Crippen MR) is 141 cm³/mol. The number of anilines is 4. The third-order valence-corrected chi connectivity index (χ3v) is 6.04. The fourth-order valence-corrected chi connectivity index (χ4v) is 4.03. The first-order valence-electron chi connectivity index (χ1n) is 11.9. The standard InChI is InChI=1S/2C14H10F6N2/c15-13(16,17)11-5-7(21)1-3-9(11)10-4-2-8(22)6-12(10)14(18,19)20;15-13(16,17)9-5-7(1-3-11(9)21)8-2-4-12(22)10(6-8)14(18,19)20/h2*1-6H,21-22H2. The van der Waals surface area contributed by atoms with Crippen LogP contribution < -0.4 is 22.9 Å². The molecule has 4 aromatic rings. The lowest BCUT2D eigenvalue weighted by atomic mass is 9.94. The van der Waals surface area contributed by atoms with Crippen molar-refractivity contribution in [1.29, 1.82) is 0 Å². The average Bonchev–Trinajstić information content (AvgIpc) is 2.87. The van der Waals surface area contributed by atoms with Crippen LogP contribution in [-0.4, -0.2) is 0 Å².